The molecule has 290 valence electrons. The highest BCUT2D eigenvalue weighted by Crippen LogP contribution is 2.58. The summed E-state index contributed by atoms with van der Waals surface area (Å²) in [4.78, 5) is 14.0. The highest BCUT2D eigenvalue weighted by molar-refractivity contribution is 5.79. The minimum Gasteiger partial charge on any atom is -0.392 e. The van der Waals surface area contributed by atoms with Crippen LogP contribution in [0, 0.1) is 17.8 Å². The number of ketones is 1. The Morgan fingerprint density at radius 3 is 2.40 bits per heavy atom. The van der Waals surface area contributed by atoms with Crippen LogP contribution in [0.3, 0.4) is 0 Å². The van der Waals surface area contributed by atoms with Crippen molar-refractivity contribution in [2.45, 2.75) is 201 Å². The molecule has 3 unspecified atom stereocenters. The molecule has 0 amide bonds. The normalized spacial score (nSPS) is 53.8. The van der Waals surface area contributed by atoms with Crippen molar-refractivity contribution in [3.8, 4) is 0 Å². The smallest absolute Gasteiger partial charge is 0.172 e. The third-order valence-electron chi connectivity index (χ3n) is 14.6. The molecule has 10 saturated heterocycles. The van der Waals surface area contributed by atoms with Crippen molar-refractivity contribution in [2.24, 2.45) is 23.5 Å². The largest absolute Gasteiger partial charge is 0.392 e. The summed E-state index contributed by atoms with van der Waals surface area (Å²) in [7, 11) is 0. The minimum absolute atomic E-state index is 0.00566. The van der Waals surface area contributed by atoms with Gasteiger partial charge in [-0.15, -0.1) is 0 Å². The van der Waals surface area contributed by atoms with Crippen LogP contribution in [0.25, 0.3) is 0 Å². The lowest BCUT2D eigenvalue weighted by atomic mass is 9.78. The highest BCUT2D eigenvalue weighted by Gasteiger charge is 2.73. The summed E-state index contributed by atoms with van der Waals surface area (Å²) >= 11 is 0. The molecule has 11 heteroatoms. The SMILES string of the molecule is C=C1C[C@@H]2CC[C@@]34C[C@@]5(C)O[C@H]6[C@@H](O3)[C@H]3OC(CC[C@@H]3O[C@H]6[C@H]5O4)CC(=O)C[C@@H]3[C@@H](C)[C@@H](C[C@H](O)CN)O[C@H]3CC3O[C@H](CCC1O2)C[C@@H](C)C3=C. The Balaban J connectivity index is 0.994. The van der Waals surface area contributed by atoms with Crippen molar-refractivity contribution >= 4 is 5.78 Å². The van der Waals surface area contributed by atoms with Crippen molar-refractivity contribution < 1.29 is 47.8 Å². The van der Waals surface area contributed by atoms with Gasteiger partial charge in [-0.05, 0) is 80.8 Å². The molecule has 1 spiro atoms. The second-order valence-electron chi connectivity index (χ2n) is 18.3. The van der Waals surface area contributed by atoms with E-state index in [1.165, 1.54) is 0 Å². The van der Waals surface area contributed by atoms with E-state index in [2.05, 4.69) is 33.9 Å². The van der Waals surface area contributed by atoms with Gasteiger partial charge in [-0.1, -0.05) is 27.0 Å². The van der Waals surface area contributed by atoms with Gasteiger partial charge in [0.15, 0.2) is 5.79 Å². The number of hydrogen-bond donors (Lipinski definition) is 2. The number of carbonyl (C=O) groups is 1. The van der Waals surface area contributed by atoms with E-state index in [1.807, 2.05) is 0 Å². The van der Waals surface area contributed by atoms with E-state index >= 15 is 0 Å². The molecule has 10 fully saturated rings. The number of Topliss-reactive ketones (excluding diaryl/α,β-unsaturated/α-hetero) is 1. The molecule has 0 aromatic carbocycles. The van der Waals surface area contributed by atoms with Crippen molar-refractivity contribution in [1.82, 2.24) is 0 Å². The lowest BCUT2D eigenvalue weighted by Gasteiger charge is -2.47. The highest BCUT2D eigenvalue weighted by atomic mass is 16.8. The first-order valence-electron chi connectivity index (χ1n) is 20.5. The van der Waals surface area contributed by atoms with Crippen molar-refractivity contribution in [3.05, 3.63) is 24.3 Å². The van der Waals surface area contributed by atoms with Gasteiger partial charge in [-0.2, -0.15) is 0 Å². The average Bonchev–Trinajstić information content (AvgIpc) is 3.73. The first kappa shape index (κ1) is 36.4. The topological polar surface area (TPSA) is 137 Å². The van der Waals surface area contributed by atoms with Gasteiger partial charge < -0.3 is 48.7 Å². The van der Waals surface area contributed by atoms with Crippen LogP contribution in [0.5, 0.6) is 0 Å². The van der Waals surface area contributed by atoms with E-state index in [0.717, 1.165) is 56.1 Å². The maximum absolute atomic E-state index is 14.0. The van der Waals surface area contributed by atoms with E-state index in [1.54, 1.807) is 0 Å². The molecule has 0 aromatic heterocycles. The Morgan fingerprint density at radius 1 is 0.808 bits per heavy atom. The third kappa shape index (κ3) is 6.40. The van der Waals surface area contributed by atoms with Gasteiger partial charge in [-0.25, -0.2) is 0 Å². The number of rotatable bonds is 3. The van der Waals surface area contributed by atoms with Crippen molar-refractivity contribution in [1.29, 1.82) is 0 Å². The minimum atomic E-state index is -0.803. The molecule has 10 heterocycles. The van der Waals surface area contributed by atoms with Gasteiger partial charge in [0.1, 0.15) is 41.9 Å². The van der Waals surface area contributed by atoms with E-state index in [0.29, 0.717) is 44.4 Å². The summed E-state index contributed by atoms with van der Waals surface area (Å²) in [5.41, 5.74) is 7.57. The monoisotopic (exact) mass is 727 g/mol. The predicted molar refractivity (Wildman–Crippen MR) is 189 cm³/mol. The van der Waals surface area contributed by atoms with Crippen LogP contribution >= 0.6 is 0 Å². The molecule has 12 bridgehead atoms. The zero-order valence-corrected chi connectivity index (χ0v) is 31.3. The zero-order chi connectivity index (χ0) is 36.1. The summed E-state index contributed by atoms with van der Waals surface area (Å²) in [6, 6.07) is 0. The van der Waals surface area contributed by atoms with Gasteiger partial charge in [0.05, 0.1) is 54.9 Å². The Morgan fingerprint density at radius 2 is 1.58 bits per heavy atom. The number of ether oxygens (including phenoxy) is 8. The Hall–Kier alpha value is -1.25. The molecule has 0 saturated carbocycles. The lowest BCUT2D eigenvalue weighted by Crippen LogP contribution is -2.61. The summed E-state index contributed by atoms with van der Waals surface area (Å²) in [6.45, 7) is 15.6. The van der Waals surface area contributed by atoms with Gasteiger partial charge in [0.2, 0.25) is 0 Å². The molecular weight excluding hydrogens is 666 g/mol. The Kier molecular flexibility index (Phi) is 9.62. The predicted octanol–water partition coefficient (Wildman–Crippen LogP) is 4.45. The van der Waals surface area contributed by atoms with Crippen LogP contribution in [0.15, 0.2) is 24.3 Å². The summed E-state index contributed by atoms with van der Waals surface area (Å²) in [5.74, 6) is -0.272. The van der Waals surface area contributed by atoms with Gasteiger partial charge >= 0.3 is 0 Å². The number of fused-ring (bicyclic) bond motifs is 6. The molecule has 52 heavy (non-hydrogen) atoms. The molecule has 10 rings (SSSR count). The fourth-order valence-electron chi connectivity index (χ4n) is 11.7. The van der Waals surface area contributed by atoms with E-state index in [-0.39, 0.29) is 104 Å². The molecule has 11 nitrogen and oxygen atoms in total. The third-order valence-corrected chi connectivity index (χ3v) is 14.6. The second-order valence-corrected chi connectivity index (χ2v) is 18.3. The van der Waals surface area contributed by atoms with Crippen molar-refractivity contribution in [2.75, 3.05) is 6.54 Å². The standard InChI is InChI=1S/C41H61NO10/c1-20-12-26-6-8-30-21(2)13-28(45-30)10-11-41-19-40(5)39(52-41)38-37(50-40)36(51-41)35-31(49-38)9-7-27(47-35)14-24(43)15-29-23(4)32(16-25(44)18-42)48-34(29)17-33(46-26)22(20)3/h20,23,25-39,44H,2-3,6-19,42H2,1,4-5H3/t20-,23-,25+,26-,27?,28+,29-,30?,31+,32-,33?,34+,35+,36+,37+,38-,39-,40-,41-/m1/s1. The fraction of sp³-hybridized carbons (Fsp3) is 0.878. The van der Waals surface area contributed by atoms with Crippen LogP contribution in [0.1, 0.15) is 104 Å². The molecule has 10 aliphatic rings. The zero-order valence-electron chi connectivity index (χ0n) is 31.3. The average molecular weight is 728 g/mol. The Labute approximate surface area is 308 Å². The molecule has 10 aliphatic heterocycles. The molecule has 0 aliphatic carbocycles. The number of carbonyl (C=O) groups excluding carboxylic acids is 1. The summed E-state index contributed by atoms with van der Waals surface area (Å²) in [6.07, 6.45) is 6.17. The molecule has 0 aromatic rings. The second kappa shape index (κ2) is 13.7. The number of aliphatic hydroxyl groups is 1. The number of hydrogen-bond acceptors (Lipinski definition) is 11. The summed E-state index contributed by atoms with van der Waals surface area (Å²) in [5, 5.41) is 10.5. The molecule has 3 N–H and O–H groups in total. The van der Waals surface area contributed by atoms with Crippen molar-refractivity contribution in [3.63, 3.8) is 0 Å². The number of aliphatic hydroxyl groups excluding tert-OH is 1. The van der Waals surface area contributed by atoms with Crippen LogP contribution in [0.4, 0.5) is 0 Å². The van der Waals surface area contributed by atoms with Crippen LogP contribution < -0.4 is 5.73 Å². The quantitative estimate of drug-likeness (QED) is 0.399. The maximum Gasteiger partial charge on any atom is 0.172 e. The van der Waals surface area contributed by atoms with Crippen LogP contribution in [0.2, 0.25) is 0 Å². The first-order chi connectivity index (χ1) is 24.9. The van der Waals surface area contributed by atoms with Gasteiger partial charge in [0.25, 0.3) is 0 Å². The maximum atomic E-state index is 14.0. The molecule has 19 atom stereocenters. The Bertz CT molecular complexity index is 1410. The molecular formula is C41H61NO10. The van der Waals surface area contributed by atoms with Gasteiger partial charge in [0, 0.05) is 45.1 Å². The van der Waals surface area contributed by atoms with E-state index in [4.69, 9.17) is 43.6 Å². The van der Waals surface area contributed by atoms with E-state index in [9.17, 15) is 9.90 Å². The van der Waals surface area contributed by atoms with Crippen LogP contribution in [-0.4, -0.2) is 114 Å². The first-order valence-corrected chi connectivity index (χ1v) is 20.5. The van der Waals surface area contributed by atoms with Gasteiger partial charge in [-0.3, -0.25) is 4.79 Å². The number of nitrogens with two attached hydrogens (primary N) is 1. The molecule has 0 radical (unpaired) electrons. The lowest BCUT2D eigenvalue weighted by molar-refractivity contribution is -0.294. The van der Waals surface area contributed by atoms with E-state index < -0.39 is 17.5 Å². The fourth-order valence-corrected chi connectivity index (χ4v) is 11.7. The summed E-state index contributed by atoms with van der Waals surface area (Å²) < 4.78 is 54.5. The van der Waals surface area contributed by atoms with Crippen LogP contribution in [-0.2, 0) is 42.7 Å².